The van der Waals surface area contributed by atoms with Crippen LogP contribution in [0.3, 0.4) is 0 Å². The maximum absolute atomic E-state index is 5.72. The van der Waals surface area contributed by atoms with Crippen molar-refractivity contribution in [3.63, 3.8) is 0 Å². The van der Waals surface area contributed by atoms with Crippen LogP contribution in [0.25, 0.3) is 0 Å². The summed E-state index contributed by atoms with van der Waals surface area (Å²) in [6, 6.07) is 0.514. The first-order valence-electron chi connectivity index (χ1n) is 6.57. The second-order valence-electron chi connectivity index (χ2n) is 5.64. The van der Waals surface area contributed by atoms with Crippen molar-refractivity contribution in [2.45, 2.75) is 31.7 Å². The molecule has 2 aliphatic rings. The fraction of sp³-hybridized carbons (Fsp3) is 0.750. The highest BCUT2D eigenvalue weighted by Crippen LogP contribution is 2.45. The average Bonchev–Trinajstić information content (AvgIpc) is 2.90. The van der Waals surface area contributed by atoms with Gasteiger partial charge in [-0.15, -0.1) is 0 Å². The topological polar surface area (TPSA) is 80.0 Å². The summed E-state index contributed by atoms with van der Waals surface area (Å²) in [4.78, 5) is 14.5. The summed E-state index contributed by atoms with van der Waals surface area (Å²) in [7, 11) is 3.80. The lowest BCUT2D eigenvalue weighted by atomic mass is 9.95. The minimum atomic E-state index is 0.277. The molecule has 0 spiro atoms. The van der Waals surface area contributed by atoms with Gasteiger partial charge in [0.25, 0.3) is 0 Å². The second-order valence-corrected chi connectivity index (χ2v) is 5.64. The highest BCUT2D eigenvalue weighted by molar-refractivity contribution is 5.41. The van der Waals surface area contributed by atoms with Gasteiger partial charge in [0, 0.05) is 20.1 Å². The van der Waals surface area contributed by atoms with Gasteiger partial charge in [-0.05, 0) is 31.1 Å². The molecule has 0 aromatic carbocycles. The summed E-state index contributed by atoms with van der Waals surface area (Å²) < 4.78 is 0. The molecular formula is C12H20N6. The van der Waals surface area contributed by atoms with Crippen molar-refractivity contribution in [3.05, 3.63) is 0 Å². The fourth-order valence-electron chi connectivity index (χ4n) is 3.23. The highest BCUT2D eigenvalue weighted by Gasteiger charge is 2.39. The highest BCUT2D eigenvalue weighted by atomic mass is 15.3. The van der Waals surface area contributed by atoms with Crippen LogP contribution in [0, 0.1) is 11.8 Å². The Labute approximate surface area is 107 Å². The molecular weight excluding hydrogens is 228 g/mol. The molecule has 2 saturated carbocycles. The average molecular weight is 248 g/mol. The van der Waals surface area contributed by atoms with Gasteiger partial charge in [-0.25, -0.2) is 0 Å². The van der Waals surface area contributed by atoms with E-state index in [2.05, 4.69) is 20.3 Å². The van der Waals surface area contributed by atoms with Crippen molar-refractivity contribution in [2.75, 3.05) is 30.0 Å². The Hall–Kier alpha value is -1.59. The Morgan fingerprint density at radius 2 is 2.00 bits per heavy atom. The van der Waals surface area contributed by atoms with E-state index in [9.17, 15) is 0 Å². The number of hydrogen-bond acceptors (Lipinski definition) is 6. The molecule has 0 aliphatic heterocycles. The minimum Gasteiger partial charge on any atom is -0.368 e. The number of nitrogen functional groups attached to an aromatic ring is 1. The molecule has 6 heteroatoms. The van der Waals surface area contributed by atoms with Crippen LogP contribution in [0.15, 0.2) is 0 Å². The van der Waals surface area contributed by atoms with Crippen molar-refractivity contribution in [3.8, 4) is 0 Å². The molecule has 1 aromatic heterocycles. The Kier molecular flexibility index (Phi) is 2.72. The van der Waals surface area contributed by atoms with Gasteiger partial charge in [0.05, 0.1) is 0 Å². The standard InChI is InChI=1S/C12H20N6/c1-18(2)12-16-10(13)15-11(17-12)14-9-6-7-3-4-8(9)5-7/h7-9H,3-6H2,1-2H3,(H3,13,14,15,16,17). The van der Waals surface area contributed by atoms with Crippen LogP contribution in [0.2, 0.25) is 0 Å². The first kappa shape index (κ1) is 11.5. The normalized spacial score (nSPS) is 29.6. The van der Waals surface area contributed by atoms with Gasteiger partial charge in [0.15, 0.2) is 0 Å². The third-order valence-electron chi connectivity index (χ3n) is 4.09. The Bertz CT molecular complexity index is 446. The SMILES string of the molecule is CN(C)c1nc(N)nc(NC2CC3CCC2C3)n1. The molecule has 3 rings (SSSR count). The lowest BCUT2D eigenvalue weighted by Gasteiger charge is -2.23. The van der Waals surface area contributed by atoms with Crippen LogP contribution in [-0.2, 0) is 0 Å². The fourth-order valence-corrected chi connectivity index (χ4v) is 3.23. The van der Waals surface area contributed by atoms with Crippen LogP contribution < -0.4 is 16.0 Å². The van der Waals surface area contributed by atoms with Gasteiger partial charge in [-0.1, -0.05) is 6.42 Å². The molecule has 0 radical (unpaired) electrons. The molecule has 3 unspecified atom stereocenters. The lowest BCUT2D eigenvalue weighted by Crippen LogP contribution is -2.27. The first-order chi connectivity index (χ1) is 8.61. The van der Waals surface area contributed by atoms with E-state index in [1.165, 1.54) is 25.7 Å². The van der Waals surface area contributed by atoms with E-state index in [1.807, 2.05) is 19.0 Å². The minimum absolute atomic E-state index is 0.277. The van der Waals surface area contributed by atoms with E-state index in [0.29, 0.717) is 17.9 Å². The molecule has 2 bridgehead atoms. The number of aromatic nitrogens is 3. The third kappa shape index (κ3) is 2.07. The van der Waals surface area contributed by atoms with Crippen LogP contribution >= 0.6 is 0 Å². The van der Waals surface area contributed by atoms with E-state index in [-0.39, 0.29) is 5.95 Å². The van der Waals surface area contributed by atoms with E-state index in [4.69, 9.17) is 5.73 Å². The molecule has 98 valence electrons. The van der Waals surface area contributed by atoms with Gasteiger partial charge in [-0.2, -0.15) is 15.0 Å². The summed E-state index contributed by atoms with van der Waals surface area (Å²) >= 11 is 0. The Morgan fingerprint density at radius 1 is 1.17 bits per heavy atom. The molecule has 3 atom stereocenters. The number of rotatable bonds is 3. The van der Waals surface area contributed by atoms with Gasteiger partial charge in [-0.3, -0.25) is 0 Å². The van der Waals surface area contributed by atoms with Crippen molar-refractivity contribution < 1.29 is 0 Å². The molecule has 1 heterocycles. The largest absolute Gasteiger partial charge is 0.368 e. The number of anilines is 3. The monoisotopic (exact) mass is 248 g/mol. The summed E-state index contributed by atoms with van der Waals surface area (Å²) in [5, 5.41) is 3.44. The number of nitrogens with zero attached hydrogens (tertiary/aromatic N) is 4. The van der Waals surface area contributed by atoms with Gasteiger partial charge in [0.1, 0.15) is 0 Å². The van der Waals surface area contributed by atoms with Gasteiger partial charge < -0.3 is 16.0 Å². The molecule has 18 heavy (non-hydrogen) atoms. The Morgan fingerprint density at radius 3 is 2.61 bits per heavy atom. The van der Waals surface area contributed by atoms with E-state index >= 15 is 0 Å². The summed E-state index contributed by atoms with van der Waals surface area (Å²) in [6.07, 6.45) is 5.33. The van der Waals surface area contributed by atoms with Gasteiger partial charge in [0.2, 0.25) is 17.8 Å². The van der Waals surface area contributed by atoms with Crippen molar-refractivity contribution >= 4 is 17.8 Å². The summed E-state index contributed by atoms with van der Waals surface area (Å²) in [6.45, 7) is 0. The predicted octanol–water partition coefficient (Wildman–Crippen LogP) is 1.12. The van der Waals surface area contributed by atoms with Crippen LogP contribution in [0.5, 0.6) is 0 Å². The molecule has 2 fully saturated rings. The third-order valence-corrected chi connectivity index (χ3v) is 4.09. The van der Waals surface area contributed by atoms with Crippen molar-refractivity contribution in [2.24, 2.45) is 11.8 Å². The summed E-state index contributed by atoms with van der Waals surface area (Å²) in [5.74, 6) is 3.19. The zero-order valence-corrected chi connectivity index (χ0v) is 10.9. The van der Waals surface area contributed by atoms with E-state index < -0.39 is 0 Å². The molecule has 2 aliphatic carbocycles. The molecule has 0 amide bonds. The number of nitrogens with two attached hydrogens (primary N) is 1. The number of fused-ring (bicyclic) bond motifs is 2. The number of hydrogen-bond donors (Lipinski definition) is 2. The van der Waals surface area contributed by atoms with Crippen LogP contribution in [0.1, 0.15) is 25.7 Å². The van der Waals surface area contributed by atoms with E-state index in [0.717, 1.165) is 11.8 Å². The number of nitrogens with one attached hydrogen (secondary N) is 1. The first-order valence-corrected chi connectivity index (χ1v) is 6.57. The van der Waals surface area contributed by atoms with Crippen molar-refractivity contribution in [1.29, 1.82) is 0 Å². The van der Waals surface area contributed by atoms with Gasteiger partial charge >= 0.3 is 0 Å². The molecule has 3 N–H and O–H groups in total. The Balaban J connectivity index is 1.76. The molecule has 1 aromatic rings. The zero-order valence-electron chi connectivity index (χ0n) is 10.9. The van der Waals surface area contributed by atoms with Crippen molar-refractivity contribution in [1.82, 2.24) is 15.0 Å². The molecule has 0 saturated heterocycles. The zero-order chi connectivity index (χ0) is 12.7. The smallest absolute Gasteiger partial charge is 0.231 e. The van der Waals surface area contributed by atoms with Crippen LogP contribution in [0.4, 0.5) is 17.8 Å². The predicted molar refractivity (Wildman–Crippen MR) is 71.4 cm³/mol. The lowest BCUT2D eigenvalue weighted by molar-refractivity contribution is 0.438. The molecule has 6 nitrogen and oxygen atoms in total. The maximum atomic E-state index is 5.72. The quantitative estimate of drug-likeness (QED) is 0.834. The summed E-state index contributed by atoms with van der Waals surface area (Å²) in [5.41, 5.74) is 5.72. The van der Waals surface area contributed by atoms with E-state index in [1.54, 1.807) is 0 Å². The second kappa shape index (κ2) is 4.26. The maximum Gasteiger partial charge on any atom is 0.231 e. The van der Waals surface area contributed by atoms with Crippen LogP contribution in [-0.4, -0.2) is 35.1 Å².